The smallest absolute Gasteiger partial charge is 0.335 e. The first-order valence-electron chi connectivity index (χ1n) is 8.84. The number of halogens is 3. The Kier molecular flexibility index (Phi) is 8.11. The Morgan fingerprint density at radius 3 is 2.23 bits per heavy atom. The lowest BCUT2D eigenvalue weighted by molar-refractivity contribution is 0.439. The molecule has 2 aromatic carbocycles. The summed E-state index contributed by atoms with van der Waals surface area (Å²) in [6.07, 6.45) is 3.20. The van der Waals surface area contributed by atoms with E-state index in [0.29, 0.717) is 11.1 Å². The van der Waals surface area contributed by atoms with Crippen LogP contribution < -0.4 is 10.3 Å². The van der Waals surface area contributed by atoms with Gasteiger partial charge in [0.1, 0.15) is 11.6 Å². The topological polar surface area (TPSA) is 65.4 Å². The molecular weight excluding hydrogens is 419 g/mol. The third kappa shape index (κ3) is 5.66. The van der Waals surface area contributed by atoms with Crippen LogP contribution >= 0.6 is 0 Å². The van der Waals surface area contributed by atoms with Crippen LogP contribution in [0, 0.1) is 17.5 Å². The number of hydrogen-bond donors (Lipinski definition) is 0. The van der Waals surface area contributed by atoms with Crippen molar-refractivity contribution in [1.82, 2.24) is 4.57 Å². The zero-order chi connectivity index (χ0) is 22.3. The SMILES string of the molecule is CCCc1ccc(Oc2ccc(F)cc2F)c(-c2cc(F)c(=O)n(C)c2)c1.O=S=O. The number of nitrogens with zero attached hydrogens (tertiary/aromatic N) is 1. The van der Waals surface area contributed by atoms with Gasteiger partial charge in [-0.25, -0.2) is 13.2 Å². The Morgan fingerprint density at radius 1 is 0.967 bits per heavy atom. The van der Waals surface area contributed by atoms with Gasteiger partial charge in [-0.3, -0.25) is 4.79 Å². The highest BCUT2D eigenvalue weighted by Gasteiger charge is 2.14. The van der Waals surface area contributed by atoms with Gasteiger partial charge in [-0.1, -0.05) is 19.4 Å². The second-order valence-corrected chi connectivity index (χ2v) is 6.45. The minimum atomic E-state index is -0.894. The molecule has 0 atom stereocenters. The van der Waals surface area contributed by atoms with E-state index in [4.69, 9.17) is 13.2 Å². The summed E-state index contributed by atoms with van der Waals surface area (Å²) in [6, 6.07) is 9.45. The summed E-state index contributed by atoms with van der Waals surface area (Å²) in [4.78, 5) is 11.6. The average Bonchev–Trinajstić information content (AvgIpc) is 2.69. The standard InChI is InChI=1S/C21H18F3NO2.O2S/c1-3-4-13-5-7-19(27-20-8-6-15(22)11-17(20)23)16(9-13)14-10-18(24)21(26)25(2)12-14;1-3-2/h5-12H,3-4H2,1-2H3;. The minimum Gasteiger partial charge on any atom is -0.454 e. The summed E-state index contributed by atoms with van der Waals surface area (Å²) >= 11 is -0.750. The molecule has 0 bridgehead atoms. The maximum Gasteiger partial charge on any atom is 0.335 e. The number of ether oxygens (including phenoxy) is 1. The molecule has 0 fully saturated rings. The van der Waals surface area contributed by atoms with Gasteiger partial charge >= 0.3 is 11.6 Å². The molecule has 0 unspecified atom stereocenters. The van der Waals surface area contributed by atoms with Crippen LogP contribution in [0.15, 0.2) is 53.5 Å². The maximum absolute atomic E-state index is 14.0. The molecule has 0 aliphatic heterocycles. The molecule has 1 aromatic heterocycles. The molecule has 0 amide bonds. The van der Waals surface area contributed by atoms with Crippen molar-refractivity contribution in [2.24, 2.45) is 7.05 Å². The summed E-state index contributed by atoms with van der Waals surface area (Å²) in [5.41, 5.74) is 1.19. The number of hydrogen-bond acceptors (Lipinski definition) is 4. The molecule has 0 saturated heterocycles. The molecule has 0 saturated carbocycles. The third-order valence-corrected chi connectivity index (χ3v) is 4.15. The zero-order valence-corrected chi connectivity index (χ0v) is 17.0. The fourth-order valence-corrected chi connectivity index (χ4v) is 2.83. The summed E-state index contributed by atoms with van der Waals surface area (Å²) in [5, 5.41) is 0. The van der Waals surface area contributed by atoms with Crippen LogP contribution in [0.25, 0.3) is 11.1 Å². The van der Waals surface area contributed by atoms with Gasteiger partial charge in [-0.2, -0.15) is 8.42 Å². The van der Waals surface area contributed by atoms with Gasteiger partial charge in [0.15, 0.2) is 17.4 Å². The molecule has 0 aliphatic carbocycles. The van der Waals surface area contributed by atoms with Crippen LogP contribution in [0.5, 0.6) is 11.5 Å². The van der Waals surface area contributed by atoms with Gasteiger partial charge in [0.05, 0.1) is 0 Å². The van der Waals surface area contributed by atoms with E-state index in [1.165, 1.54) is 19.3 Å². The molecule has 0 spiro atoms. The summed E-state index contributed by atoms with van der Waals surface area (Å²) in [6.45, 7) is 2.03. The number of pyridine rings is 1. The first-order valence-corrected chi connectivity index (χ1v) is 9.51. The Bertz CT molecular complexity index is 1120. The lowest BCUT2D eigenvalue weighted by Crippen LogP contribution is -2.19. The largest absolute Gasteiger partial charge is 0.454 e. The molecule has 0 N–H and O–H groups in total. The van der Waals surface area contributed by atoms with Crippen LogP contribution in [-0.4, -0.2) is 13.0 Å². The third-order valence-electron chi connectivity index (χ3n) is 4.15. The quantitative estimate of drug-likeness (QED) is 0.588. The predicted molar refractivity (Wildman–Crippen MR) is 106 cm³/mol. The first-order chi connectivity index (χ1) is 14.3. The fraction of sp³-hybridized carbons (Fsp3) is 0.190. The maximum atomic E-state index is 14.0. The van der Waals surface area contributed by atoms with Gasteiger partial charge in [0.25, 0.3) is 5.56 Å². The van der Waals surface area contributed by atoms with Gasteiger partial charge in [0, 0.05) is 30.4 Å². The Hall–Kier alpha value is -3.20. The molecule has 3 rings (SSSR count). The molecule has 158 valence electrons. The number of aryl methyl sites for hydroxylation is 2. The number of aromatic nitrogens is 1. The van der Waals surface area contributed by atoms with Gasteiger partial charge in [-0.05, 0) is 42.3 Å². The second kappa shape index (κ2) is 10.5. The van der Waals surface area contributed by atoms with Crippen molar-refractivity contribution < 1.29 is 26.3 Å². The van der Waals surface area contributed by atoms with E-state index in [1.807, 2.05) is 19.1 Å². The zero-order valence-electron chi connectivity index (χ0n) is 16.2. The molecule has 5 nitrogen and oxygen atoms in total. The summed E-state index contributed by atoms with van der Waals surface area (Å²) in [5.74, 6) is -2.32. The van der Waals surface area contributed by atoms with E-state index in [2.05, 4.69) is 0 Å². The molecule has 0 radical (unpaired) electrons. The molecule has 0 aliphatic rings. The lowest BCUT2D eigenvalue weighted by atomic mass is 10.0. The number of benzene rings is 2. The molecule has 3 aromatic rings. The van der Waals surface area contributed by atoms with Crippen molar-refractivity contribution >= 4 is 11.6 Å². The van der Waals surface area contributed by atoms with Crippen molar-refractivity contribution in [2.75, 3.05) is 0 Å². The number of rotatable bonds is 5. The van der Waals surface area contributed by atoms with Crippen molar-refractivity contribution in [3.63, 3.8) is 0 Å². The van der Waals surface area contributed by atoms with E-state index >= 15 is 0 Å². The normalized spacial score (nSPS) is 10.2. The summed E-state index contributed by atoms with van der Waals surface area (Å²) in [7, 11) is 1.45. The van der Waals surface area contributed by atoms with Crippen LogP contribution in [0.1, 0.15) is 18.9 Å². The van der Waals surface area contributed by atoms with Crippen LogP contribution in [0.4, 0.5) is 13.2 Å². The van der Waals surface area contributed by atoms with Crippen LogP contribution in [-0.2, 0) is 25.0 Å². The van der Waals surface area contributed by atoms with E-state index < -0.39 is 34.6 Å². The van der Waals surface area contributed by atoms with Crippen molar-refractivity contribution in [1.29, 1.82) is 0 Å². The molecule has 30 heavy (non-hydrogen) atoms. The van der Waals surface area contributed by atoms with Crippen molar-refractivity contribution in [2.45, 2.75) is 19.8 Å². The monoisotopic (exact) mass is 437 g/mol. The lowest BCUT2D eigenvalue weighted by Gasteiger charge is -2.14. The van der Waals surface area contributed by atoms with E-state index in [1.54, 1.807) is 6.07 Å². The van der Waals surface area contributed by atoms with Crippen molar-refractivity contribution in [3.05, 3.63) is 82.0 Å². The molecule has 9 heteroatoms. The fourth-order valence-electron chi connectivity index (χ4n) is 2.83. The van der Waals surface area contributed by atoms with E-state index in [-0.39, 0.29) is 11.5 Å². The summed E-state index contributed by atoms with van der Waals surface area (Å²) < 4.78 is 64.4. The molecular formula is C21H18F3NO4S. The Labute approximate surface area is 174 Å². The highest BCUT2D eigenvalue weighted by molar-refractivity contribution is 7.51. The van der Waals surface area contributed by atoms with Gasteiger partial charge < -0.3 is 9.30 Å². The molecule has 1 heterocycles. The minimum absolute atomic E-state index is 0.147. The van der Waals surface area contributed by atoms with E-state index in [9.17, 15) is 18.0 Å². The highest BCUT2D eigenvalue weighted by Crippen LogP contribution is 2.35. The van der Waals surface area contributed by atoms with Gasteiger partial charge in [-0.15, -0.1) is 0 Å². The van der Waals surface area contributed by atoms with E-state index in [0.717, 1.165) is 41.2 Å². The first kappa shape index (κ1) is 23.1. The van der Waals surface area contributed by atoms with Crippen LogP contribution in [0.2, 0.25) is 0 Å². The predicted octanol–water partition coefficient (Wildman–Crippen LogP) is 4.54. The highest BCUT2D eigenvalue weighted by atomic mass is 32.1. The average molecular weight is 437 g/mol. The van der Waals surface area contributed by atoms with Crippen molar-refractivity contribution in [3.8, 4) is 22.6 Å². The Balaban J connectivity index is 0.00000101. The van der Waals surface area contributed by atoms with Crippen LogP contribution in [0.3, 0.4) is 0 Å². The van der Waals surface area contributed by atoms with Gasteiger partial charge in [0.2, 0.25) is 0 Å². The second-order valence-electron chi connectivity index (χ2n) is 6.32. The Morgan fingerprint density at radius 2 is 1.63 bits per heavy atom.